The molecule has 0 aromatic heterocycles. The Morgan fingerprint density at radius 2 is 2.27 bits per heavy atom. The summed E-state index contributed by atoms with van der Waals surface area (Å²) in [5.74, 6) is -2.53. The van der Waals surface area contributed by atoms with Crippen molar-refractivity contribution >= 4 is 17.3 Å². The van der Waals surface area contributed by atoms with Gasteiger partial charge in [-0.1, -0.05) is 0 Å². The second kappa shape index (κ2) is 2.89. The van der Waals surface area contributed by atoms with E-state index in [4.69, 9.17) is 5.73 Å². The molecular formula is C6H10F2N2S. The highest BCUT2D eigenvalue weighted by molar-refractivity contribution is 7.80. The summed E-state index contributed by atoms with van der Waals surface area (Å²) in [6.45, 7) is 0. The van der Waals surface area contributed by atoms with E-state index in [1.54, 1.807) is 0 Å². The zero-order chi connectivity index (χ0) is 8.48. The molecule has 0 amide bonds. The molecule has 3 N–H and O–H groups in total. The van der Waals surface area contributed by atoms with Crippen LogP contribution in [0.5, 0.6) is 0 Å². The highest BCUT2D eigenvalue weighted by atomic mass is 32.1. The number of thiocarbonyl (C=S) groups is 1. The van der Waals surface area contributed by atoms with Crippen LogP contribution in [-0.4, -0.2) is 17.1 Å². The van der Waals surface area contributed by atoms with Gasteiger partial charge in [0.2, 0.25) is 5.92 Å². The maximum Gasteiger partial charge on any atom is 0.250 e. The average molecular weight is 180 g/mol. The largest absolute Gasteiger partial charge is 0.376 e. The number of rotatable bonds is 1. The average Bonchev–Trinajstić information content (AvgIpc) is 2.08. The Kier molecular flexibility index (Phi) is 2.27. The van der Waals surface area contributed by atoms with Gasteiger partial charge in [-0.2, -0.15) is 0 Å². The fourth-order valence-corrected chi connectivity index (χ4v) is 1.44. The monoisotopic (exact) mass is 180 g/mol. The van der Waals surface area contributed by atoms with Crippen LogP contribution in [0.1, 0.15) is 19.3 Å². The standard InChI is InChI=1S/C6H10F2N2S/c7-6(8)2-1-4(3-6)10-5(9)11/h4H,1-3H2,(H3,9,10,11). The van der Waals surface area contributed by atoms with Crippen LogP contribution in [0.2, 0.25) is 0 Å². The quantitative estimate of drug-likeness (QED) is 0.591. The van der Waals surface area contributed by atoms with E-state index < -0.39 is 5.92 Å². The molecular weight excluding hydrogens is 170 g/mol. The molecule has 2 nitrogen and oxygen atoms in total. The first kappa shape index (κ1) is 8.64. The number of nitrogens with one attached hydrogen (secondary N) is 1. The molecule has 1 fully saturated rings. The molecule has 0 spiro atoms. The summed E-state index contributed by atoms with van der Waals surface area (Å²) >= 11 is 4.53. The van der Waals surface area contributed by atoms with Gasteiger partial charge in [0.05, 0.1) is 0 Å². The molecule has 0 aromatic carbocycles. The summed E-state index contributed by atoms with van der Waals surface area (Å²) in [6, 6.07) is -0.234. The maximum absolute atomic E-state index is 12.5. The van der Waals surface area contributed by atoms with Crippen molar-refractivity contribution in [3.63, 3.8) is 0 Å². The minimum absolute atomic E-state index is 0.0622. The van der Waals surface area contributed by atoms with Crippen LogP contribution in [-0.2, 0) is 0 Å². The minimum Gasteiger partial charge on any atom is -0.376 e. The number of alkyl halides is 2. The third-order valence-corrected chi connectivity index (χ3v) is 1.87. The smallest absolute Gasteiger partial charge is 0.250 e. The second-order valence-corrected chi connectivity index (χ2v) is 3.24. The van der Waals surface area contributed by atoms with Crippen molar-refractivity contribution in [1.29, 1.82) is 0 Å². The fourth-order valence-electron chi connectivity index (χ4n) is 1.27. The summed E-state index contributed by atoms with van der Waals surface area (Å²) in [4.78, 5) is 0. The second-order valence-electron chi connectivity index (χ2n) is 2.80. The number of halogens is 2. The van der Waals surface area contributed by atoms with Crippen molar-refractivity contribution in [2.24, 2.45) is 5.73 Å². The van der Waals surface area contributed by atoms with Crippen molar-refractivity contribution in [2.45, 2.75) is 31.2 Å². The summed E-state index contributed by atoms with van der Waals surface area (Å²) in [5, 5.41) is 2.73. The van der Waals surface area contributed by atoms with E-state index in [1.807, 2.05) is 0 Å². The van der Waals surface area contributed by atoms with Crippen molar-refractivity contribution in [3.05, 3.63) is 0 Å². The Labute approximate surface area is 69.1 Å². The normalized spacial score (nSPS) is 28.4. The van der Waals surface area contributed by atoms with Crippen molar-refractivity contribution in [3.8, 4) is 0 Å². The van der Waals surface area contributed by atoms with Gasteiger partial charge in [0.1, 0.15) is 0 Å². The van der Waals surface area contributed by atoms with E-state index in [0.29, 0.717) is 6.42 Å². The first-order valence-electron chi connectivity index (χ1n) is 3.43. The Balaban J connectivity index is 2.36. The molecule has 64 valence electrons. The van der Waals surface area contributed by atoms with Gasteiger partial charge in [0, 0.05) is 18.9 Å². The first-order valence-corrected chi connectivity index (χ1v) is 3.84. The van der Waals surface area contributed by atoms with Crippen LogP contribution >= 0.6 is 12.2 Å². The lowest BCUT2D eigenvalue weighted by molar-refractivity contribution is 0.00750. The van der Waals surface area contributed by atoms with Gasteiger partial charge in [0.15, 0.2) is 5.11 Å². The summed E-state index contributed by atoms with van der Waals surface area (Å²) in [7, 11) is 0. The molecule has 0 heterocycles. The van der Waals surface area contributed by atoms with Crippen molar-refractivity contribution in [1.82, 2.24) is 5.32 Å². The summed E-state index contributed by atoms with van der Waals surface area (Å²) in [5.41, 5.74) is 5.14. The lowest BCUT2D eigenvalue weighted by Crippen LogP contribution is -2.37. The van der Waals surface area contributed by atoms with E-state index in [2.05, 4.69) is 17.5 Å². The molecule has 1 unspecified atom stereocenters. The molecule has 0 saturated heterocycles. The number of hydrogen-bond donors (Lipinski definition) is 2. The molecule has 1 rings (SSSR count). The van der Waals surface area contributed by atoms with Gasteiger partial charge in [-0.15, -0.1) is 0 Å². The van der Waals surface area contributed by atoms with E-state index in [-0.39, 0.29) is 24.0 Å². The van der Waals surface area contributed by atoms with Gasteiger partial charge in [0.25, 0.3) is 0 Å². The van der Waals surface area contributed by atoms with E-state index >= 15 is 0 Å². The summed E-state index contributed by atoms with van der Waals surface area (Å²) < 4.78 is 25.0. The molecule has 0 bridgehead atoms. The third kappa shape index (κ3) is 2.57. The van der Waals surface area contributed by atoms with E-state index in [0.717, 1.165) is 0 Å². The summed E-state index contributed by atoms with van der Waals surface area (Å²) in [6.07, 6.45) is 0.238. The fraction of sp³-hybridized carbons (Fsp3) is 0.833. The van der Waals surface area contributed by atoms with Gasteiger partial charge in [-0.25, -0.2) is 8.78 Å². The zero-order valence-electron chi connectivity index (χ0n) is 5.94. The van der Waals surface area contributed by atoms with Crippen LogP contribution in [0.3, 0.4) is 0 Å². The molecule has 1 aliphatic carbocycles. The Hall–Kier alpha value is -0.450. The van der Waals surface area contributed by atoms with Crippen LogP contribution in [0.25, 0.3) is 0 Å². The Bertz CT molecular complexity index is 172. The Morgan fingerprint density at radius 1 is 1.64 bits per heavy atom. The molecule has 1 saturated carbocycles. The third-order valence-electron chi connectivity index (χ3n) is 1.75. The van der Waals surface area contributed by atoms with E-state index in [1.165, 1.54) is 0 Å². The van der Waals surface area contributed by atoms with Crippen LogP contribution in [0.15, 0.2) is 0 Å². The van der Waals surface area contributed by atoms with Gasteiger partial charge < -0.3 is 11.1 Å². The number of nitrogens with two attached hydrogens (primary N) is 1. The van der Waals surface area contributed by atoms with Crippen molar-refractivity contribution in [2.75, 3.05) is 0 Å². The molecule has 11 heavy (non-hydrogen) atoms. The topological polar surface area (TPSA) is 38.0 Å². The van der Waals surface area contributed by atoms with Gasteiger partial charge in [-0.05, 0) is 18.6 Å². The molecule has 0 radical (unpaired) electrons. The molecule has 5 heteroatoms. The van der Waals surface area contributed by atoms with E-state index in [9.17, 15) is 8.78 Å². The SMILES string of the molecule is NC(=S)NC1CCC(F)(F)C1. The highest BCUT2D eigenvalue weighted by Crippen LogP contribution is 2.34. The van der Waals surface area contributed by atoms with Crippen LogP contribution < -0.4 is 11.1 Å². The molecule has 0 aliphatic heterocycles. The maximum atomic E-state index is 12.5. The molecule has 1 aliphatic rings. The lowest BCUT2D eigenvalue weighted by Gasteiger charge is -2.11. The highest BCUT2D eigenvalue weighted by Gasteiger charge is 2.39. The lowest BCUT2D eigenvalue weighted by atomic mass is 10.2. The molecule has 0 aromatic rings. The van der Waals surface area contributed by atoms with Gasteiger partial charge >= 0.3 is 0 Å². The predicted octanol–water partition coefficient (Wildman–Crippen LogP) is 1.01. The first-order chi connectivity index (χ1) is 4.99. The molecule has 1 atom stereocenters. The zero-order valence-corrected chi connectivity index (χ0v) is 6.76. The van der Waals surface area contributed by atoms with Crippen molar-refractivity contribution < 1.29 is 8.78 Å². The minimum atomic E-state index is -2.53. The predicted molar refractivity (Wildman–Crippen MR) is 42.5 cm³/mol. The van der Waals surface area contributed by atoms with Crippen LogP contribution in [0.4, 0.5) is 8.78 Å². The van der Waals surface area contributed by atoms with Gasteiger partial charge in [-0.3, -0.25) is 0 Å². The Morgan fingerprint density at radius 3 is 2.64 bits per heavy atom. The number of hydrogen-bond acceptors (Lipinski definition) is 1. The van der Waals surface area contributed by atoms with Crippen LogP contribution in [0, 0.1) is 0 Å².